The van der Waals surface area contributed by atoms with Crippen molar-refractivity contribution in [2.45, 2.75) is 31.1 Å². The van der Waals surface area contributed by atoms with Crippen molar-refractivity contribution in [3.05, 3.63) is 33.9 Å². The molecule has 4 nitrogen and oxygen atoms in total. The van der Waals surface area contributed by atoms with E-state index in [1.807, 2.05) is 0 Å². The molecule has 0 unspecified atom stereocenters. The van der Waals surface area contributed by atoms with Crippen LogP contribution < -0.4 is 4.74 Å². The lowest BCUT2D eigenvalue weighted by Crippen LogP contribution is -2.59. The number of alkyl halides is 8. The highest BCUT2D eigenvalue weighted by atomic mass is 19.4. The molecule has 0 aliphatic carbocycles. The van der Waals surface area contributed by atoms with E-state index in [1.54, 1.807) is 0 Å². The minimum Gasteiger partial charge on any atom is -0.487 e. The van der Waals surface area contributed by atoms with Crippen LogP contribution in [0.5, 0.6) is 5.75 Å². The maximum Gasteiger partial charge on any atom is 0.381 e. The third-order valence-electron chi connectivity index (χ3n) is 2.94. The van der Waals surface area contributed by atoms with Crippen LogP contribution >= 0.6 is 0 Å². The van der Waals surface area contributed by atoms with E-state index in [4.69, 9.17) is 0 Å². The van der Waals surface area contributed by atoms with Crippen molar-refractivity contribution in [1.82, 2.24) is 0 Å². The molecule has 0 aliphatic heterocycles. The highest BCUT2D eigenvalue weighted by Crippen LogP contribution is 2.48. The molecule has 0 bridgehead atoms. The number of nitro benzene ring substituents is 1. The summed E-state index contributed by atoms with van der Waals surface area (Å²) in [5.41, 5.74) is -0.505. The van der Waals surface area contributed by atoms with Gasteiger partial charge in [-0.05, 0) is 19.1 Å². The molecule has 1 aromatic rings. The van der Waals surface area contributed by atoms with E-state index in [9.17, 15) is 45.2 Å². The molecule has 1 rings (SSSR count). The quantitative estimate of drug-likeness (QED) is 0.406. The molecule has 0 atom stereocenters. The topological polar surface area (TPSA) is 52.4 Å². The Kier molecular flexibility index (Phi) is 5.31. The Morgan fingerprint density at radius 3 is 2.12 bits per heavy atom. The normalized spacial score (nSPS) is 13.2. The van der Waals surface area contributed by atoms with Crippen LogP contribution in [-0.2, 0) is 0 Å². The van der Waals surface area contributed by atoms with Crippen molar-refractivity contribution in [3.63, 3.8) is 0 Å². The lowest BCUT2D eigenvalue weighted by Gasteiger charge is -2.32. The van der Waals surface area contributed by atoms with E-state index in [-0.39, 0.29) is 5.56 Å². The van der Waals surface area contributed by atoms with Crippen molar-refractivity contribution in [3.8, 4) is 5.75 Å². The zero-order valence-electron chi connectivity index (χ0n) is 11.7. The number of ether oxygens (including phenoxy) is 1. The minimum atomic E-state index is -6.37. The summed E-state index contributed by atoms with van der Waals surface area (Å²) in [6.45, 7) is -1.15. The van der Waals surface area contributed by atoms with Gasteiger partial charge < -0.3 is 4.74 Å². The Labute approximate surface area is 129 Å². The average Bonchev–Trinajstić information content (AvgIpc) is 2.44. The fraction of sp³-hybridized carbons (Fsp3) is 0.500. The van der Waals surface area contributed by atoms with Crippen molar-refractivity contribution in [2.24, 2.45) is 0 Å². The average molecular weight is 367 g/mol. The van der Waals surface area contributed by atoms with Gasteiger partial charge in [0, 0.05) is 11.6 Å². The molecule has 0 spiro atoms. The number of nitrogens with zero attached hydrogens (tertiary/aromatic N) is 1. The molecule has 0 radical (unpaired) electrons. The van der Waals surface area contributed by atoms with Crippen LogP contribution in [0.4, 0.5) is 40.8 Å². The summed E-state index contributed by atoms with van der Waals surface area (Å²) in [7, 11) is 0. The van der Waals surface area contributed by atoms with E-state index in [2.05, 4.69) is 4.74 Å². The highest BCUT2D eigenvalue weighted by molar-refractivity contribution is 5.44. The molecule has 24 heavy (non-hydrogen) atoms. The number of halogens is 8. The van der Waals surface area contributed by atoms with Gasteiger partial charge >= 0.3 is 24.2 Å². The van der Waals surface area contributed by atoms with Gasteiger partial charge in [-0.3, -0.25) is 10.1 Å². The zero-order valence-corrected chi connectivity index (χ0v) is 11.7. The van der Waals surface area contributed by atoms with Crippen LogP contribution in [0, 0.1) is 17.0 Å². The van der Waals surface area contributed by atoms with Gasteiger partial charge in [-0.15, -0.1) is 0 Å². The van der Waals surface area contributed by atoms with Crippen LogP contribution in [0.3, 0.4) is 0 Å². The smallest absolute Gasteiger partial charge is 0.381 e. The summed E-state index contributed by atoms with van der Waals surface area (Å²) in [5, 5.41) is 10.5. The second-order valence-corrected chi connectivity index (χ2v) is 4.70. The van der Waals surface area contributed by atoms with Crippen LogP contribution in [0.1, 0.15) is 5.56 Å². The molecule has 0 fully saturated rings. The van der Waals surface area contributed by atoms with Gasteiger partial charge in [-0.1, -0.05) is 0 Å². The molecule has 0 saturated carbocycles. The zero-order chi connectivity index (χ0) is 18.9. The lowest BCUT2D eigenvalue weighted by molar-refractivity contribution is -0.385. The number of hydrogen-bond donors (Lipinski definition) is 0. The second-order valence-electron chi connectivity index (χ2n) is 4.70. The van der Waals surface area contributed by atoms with Gasteiger partial charge in [0.05, 0.1) is 4.92 Å². The number of nitro groups is 1. The maximum atomic E-state index is 13.3. The predicted octanol–water partition coefficient (Wildman–Crippen LogP) is 4.45. The molecule has 0 saturated heterocycles. The summed E-state index contributed by atoms with van der Waals surface area (Å²) in [4.78, 5) is 9.73. The summed E-state index contributed by atoms with van der Waals surface area (Å²) < 4.78 is 106. The monoisotopic (exact) mass is 367 g/mol. The molecule has 136 valence electrons. The SMILES string of the molecule is Cc1cc(OCC(F)(F)C(F)(F)C(F)(F)C(F)F)ccc1[N+](=O)[O-]. The first-order valence-electron chi connectivity index (χ1n) is 6.03. The largest absolute Gasteiger partial charge is 0.487 e. The van der Waals surface area contributed by atoms with E-state index in [0.717, 1.165) is 18.2 Å². The summed E-state index contributed by atoms with van der Waals surface area (Å²) in [6.07, 6.45) is -5.01. The molecular weight excluding hydrogens is 358 g/mol. The van der Waals surface area contributed by atoms with Crippen LogP contribution in [0.2, 0.25) is 0 Å². The van der Waals surface area contributed by atoms with Crippen molar-refractivity contribution in [2.75, 3.05) is 6.61 Å². The first kappa shape index (κ1) is 19.9. The fourth-order valence-corrected chi connectivity index (χ4v) is 1.57. The first-order valence-corrected chi connectivity index (χ1v) is 6.03. The highest BCUT2D eigenvalue weighted by Gasteiger charge is 2.75. The van der Waals surface area contributed by atoms with Crippen molar-refractivity contribution < 1.29 is 44.8 Å². The molecule has 0 amide bonds. The number of hydrogen-bond acceptors (Lipinski definition) is 3. The Bertz CT molecular complexity index is 620. The lowest BCUT2D eigenvalue weighted by atomic mass is 10.1. The third kappa shape index (κ3) is 3.51. The minimum absolute atomic E-state index is 0.0783. The number of benzene rings is 1. The maximum absolute atomic E-state index is 13.3. The van der Waals surface area contributed by atoms with Gasteiger partial charge in [0.1, 0.15) is 5.75 Å². The Balaban J connectivity index is 2.96. The Hall–Kier alpha value is -2.14. The van der Waals surface area contributed by atoms with E-state index in [0.29, 0.717) is 0 Å². The van der Waals surface area contributed by atoms with E-state index < -0.39 is 47.2 Å². The van der Waals surface area contributed by atoms with Crippen molar-refractivity contribution in [1.29, 1.82) is 0 Å². The van der Waals surface area contributed by atoms with Gasteiger partial charge in [0.2, 0.25) is 0 Å². The molecule has 0 aromatic heterocycles. The van der Waals surface area contributed by atoms with Gasteiger partial charge in [-0.2, -0.15) is 26.3 Å². The molecule has 0 heterocycles. The third-order valence-corrected chi connectivity index (χ3v) is 2.94. The van der Waals surface area contributed by atoms with Gasteiger partial charge in [-0.25, -0.2) is 8.78 Å². The van der Waals surface area contributed by atoms with Gasteiger partial charge in [0.15, 0.2) is 6.61 Å². The second kappa shape index (κ2) is 6.40. The van der Waals surface area contributed by atoms with Crippen LogP contribution in [0.15, 0.2) is 18.2 Å². The number of rotatable bonds is 7. The molecule has 1 aromatic carbocycles. The van der Waals surface area contributed by atoms with Gasteiger partial charge in [0.25, 0.3) is 5.69 Å². The molecule has 0 aliphatic rings. The molecule has 12 heteroatoms. The summed E-state index contributed by atoms with van der Waals surface area (Å²) >= 11 is 0. The van der Waals surface area contributed by atoms with E-state index >= 15 is 0 Å². The standard InChI is InChI=1S/C12H9F8NO3/c1-6-4-7(2-3-8(6)21(22)23)24-5-10(15,16)12(19,20)11(17,18)9(13)14/h2-4,9H,5H2,1H3. The fourth-order valence-electron chi connectivity index (χ4n) is 1.57. The van der Waals surface area contributed by atoms with Crippen molar-refractivity contribution >= 4 is 5.69 Å². The summed E-state index contributed by atoms with van der Waals surface area (Å²) in [6, 6.07) is 2.41. The van der Waals surface area contributed by atoms with Crippen LogP contribution in [-0.4, -0.2) is 35.7 Å². The molecule has 0 N–H and O–H groups in total. The summed E-state index contributed by atoms with van der Waals surface area (Å²) in [5.74, 6) is -18.8. The predicted molar refractivity (Wildman–Crippen MR) is 64.2 cm³/mol. The Morgan fingerprint density at radius 2 is 1.71 bits per heavy atom. The number of aryl methyl sites for hydroxylation is 1. The Morgan fingerprint density at radius 1 is 1.17 bits per heavy atom. The van der Waals surface area contributed by atoms with E-state index in [1.165, 1.54) is 6.92 Å². The van der Waals surface area contributed by atoms with Crippen LogP contribution in [0.25, 0.3) is 0 Å². The first-order chi connectivity index (χ1) is 10.7. The molecular formula is C12H9F8NO3.